The number of aromatic amines is 1. The van der Waals surface area contributed by atoms with Gasteiger partial charge in [-0.15, -0.1) is 0 Å². The molecule has 0 bridgehead atoms. The SMILES string of the molecule is CCOc1c(C)cnc(CS(=O)(=O)c2nc3ccc(C)cc3[nH]2)c1C. The Bertz CT molecular complexity index is 1040. The van der Waals surface area contributed by atoms with Crippen LogP contribution in [0.25, 0.3) is 11.0 Å². The van der Waals surface area contributed by atoms with Crippen molar-refractivity contribution in [2.24, 2.45) is 0 Å². The van der Waals surface area contributed by atoms with Crippen LogP contribution < -0.4 is 4.74 Å². The van der Waals surface area contributed by atoms with Crippen molar-refractivity contribution in [3.63, 3.8) is 0 Å². The molecule has 7 heteroatoms. The molecule has 0 unspecified atom stereocenters. The summed E-state index contributed by atoms with van der Waals surface area (Å²) in [5.41, 5.74) is 4.50. The van der Waals surface area contributed by atoms with E-state index < -0.39 is 9.84 Å². The van der Waals surface area contributed by atoms with Crippen molar-refractivity contribution >= 4 is 20.9 Å². The van der Waals surface area contributed by atoms with Crippen molar-refractivity contribution in [1.82, 2.24) is 15.0 Å². The maximum absolute atomic E-state index is 12.8. The molecule has 132 valence electrons. The van der Waals surface area contributed by atoms with Gasteiger partial charge in [-0.3, -0.25) is 4.98 Å². The summed E-state index contributed by atoms with van der Waals surface area (Å²) in [7, 11) is -3.64. The minimum atomic E-state index is -3.64. The van der Waals surface area contributed by atoms with Crippen LogP contribution in [0.15, 0.2) is 29.6 Å². The molecule has 2 aromatic heterocycles. The smallest absolute Gasteiger partial charge is 0.226 e. The Balaban J connectivity index is 1.99. The molecule has 0 radical (unpaired) electrons. The summed E-state index contributed by atoms with van der Waals surface area (Å²) >= 11 is 0. The molecule has 0 aliphatic heterocycles. The van der Waals surface area contributed by atoms with E-state index in [1.165, 1.54) is 0 Å². The Morgan fingerprint density at radius 2 is 1.96 bits per heavy atom. The number of rotatable bonds is 5. The van der Waals surface area contributed by atoms with Gasteiger partial charge >= 0.3 is 0 Å². The minimum Gasteiger partial charge on any atom is -0.493 e. The number of sulfone groups is 1. The zero-order chi connectivity index (χ0) is 18.2. The van der Waals surface area contributed by atoms with Crippen molar-refractivity contribution in [1.29, 1.82) is 0 Å². The van der Waals surface area contributed by atoms with E-state index >= 15 is 0 Å². The van der Waals surface area contributed by atoms with Crippen molar-refractivity contribution in [3.8, 4) is 5.75 Å². The number of nitrogens with zero attached hydrogens (tertiary/aromatic N) is 2. The highest BCUT2D eigenvalue weighted by molar-refractivity contribution is 7.90. The van der Waals surface area contributed by atoms with E-state index in [0.29, 0.717) is 29.1 Å². The van der Waals surface area contributed by atoms with Gasteiger partial charge < -0.3 is 9.72 Å². The fraction of sp³-hybridized carbons (Fsp3) is 0.333. The molecule has 0 atom stereocenters. The van der Waals surface area contributed by atoms with E-state index in [-0.39, 0.29) is 10.9 Å². The summed E-state index contributed by atoms with van der Waals surface area (Å²) < 4.78 is 31.2. The molecule has 0 saturated carbocycles. The van der Waals surface area contributed by atoms with Gasteiger partial charge in [0.15, 0.2) is 0 Å². The molecule has 0 aliphatic rings. The average Bonchev–Trinajstić information content (AvgIpc) is 2.98. The number of aryl methyl sites for hydroxylation is 2. The topological polar surface area (TPSA) is 84.9 Å². The van der Waals surface area contributed by atoms with Crippen LogP contribution >= 0.6 is 0 Å². The molecule has 2 heterocycles. The molecular weight excluding hydrogens is 338 g/mol. The van der Waals surface area contributed by atoms with E-state index in [9.17, 15) is 8.42 Å². The fourth-order valence-corrected chi connectivity index (χ4v) is 4.06. The third kappa shape index (κ3) is 3.37. The Morgan fingerprint density at radius 3 is 2.68 bits per heavy atom. The summed E-state index contributed by atoms with van der Waals surface area (Å²) in [6, 6.07) is 5.59. The van der Waals surface area contributed by atoms with Crippen LogP contribution in [0, 0.1) is 20.8 Å². The Kier molecular flexibility index (Phi) is 4.51. The first kappa shape index (κ1) is 17.4. The van der Waals surface area contributed by atoms with E-state index in [1.54, 1.807) is 6.20 Å². The summed E-state index contributed by atoms with van der Waals surface area (Å²) in [6.07, 6.45) is 1.64. The zero-order valence-corrected chi connectivity index (χ0v) is 15.6. The number of ether oxygens (including phenoxy) is 1. The highest BCUT2D eigenvalue weighted by atomic mass is 32.2. The van der Waals surface area contributed by atoms with Gasteiger partial charge in [0.1, 0.15) is 11.5 Å². The van der Waals surface area contributed by atoms with Crippen LogP contribution in [0.2, 0.25) is 0 Å². The molecule has 1 N–H and O–H groups in total. The number of hydrogen-bond acceptors (Lipinski definition) is 5. The maximum Gasteiger partial charge on any atom is 0.226 e. The third-order valence-electron chi connectivity index (χ3n) is 4.07. The van der Waals surface area contributed by atoms with Gasteiger partial charge in [0, 0.05) is 17.3 Å². The van der Waals surface area contributed by atoms with Gasteiger partial charge in [-0.1, -0.05) is 6.07 Å². The number of H-pyrrole nitrogens is 1. The van der Waals surface area contributed by atoms with Crippen LogP contribution in [-0.2, 0) is 15.6 Å². The molecule has 1 aromatic carbocycles. The second-order valence-electron chi connectivity index (χ2n) is 6.10. The predicted molar refractivity (Wildman–Crippen MR) is 96.6 cm³/mol. The number of pyridine rings is 1. The Hall–Kier alpha value is -2.41. The number of fused-ring (bicyclic) bond motifs is 1. The number of aromatic nitrogens is 3. The lowest BCUT2D eigenvalue weighted by Crippen LogP contribution is -2.11. The third-order valence-corrected chi connectivity index (χ3v) is 5.51. The van der Waals surface area contributed by atoms with Crippen molar-refractivity contribution in [2.75, 3.05) is 6.61 Å². The molecule has 0 fully saturated rings. The molecule has 25 heavy (non-hydrogen) atoms. The minimum absolute atomic E-state index is 0.0344. The van der Waals surface area contributed by atoms with Crippen molar-refractivity contribution < 1.29 is 13.2 Å². The molecule has 0 spiro atoms. The van der Waals surface area contributed by atoms with E-state index in [0.717, 1.165) is 16.7 Å². The lowest BCUT2D eigenvalue weighted by atomic mass is 10.1. The Morgan fingerprint density at radius 1 is 1.20 bits per heavy atom. The fourth-order valence-electron chi connectivity index (χ4n) is 2.76. The monoisotopic (exact) mass is 359 g/mol. The zero-order valence-electron chi connectivity index (χ0n) is 14.8. The van der Waals surface area contributed by atoms with Gasteiger partial charge in [-0.2, -0.15) is 0 Å². The summed E-state index contributed by atoms with van der Waals surface area (Å²) in [5, 5.41) is -0.0344. The second-order valence-corrected chi connectivity index (χ2v) is 8.00. The van der Waals surface area contributed by atoms with Gasteiger partial charge in [0.2, 0.25) is 15.0 Å². The first-order chi connectivity index (χ1) is 11.8. The van der Waals surface area contributed by atoms with Crippen LogP contribution in [0.3, 0.4) is 0 Å². The molecular formula is C18H21N3O3S. The van der Waals surface area contributed by atoms with E-state index in [2.05, 4.69) is 15.0 Å². The van der Waals surface area contributed by atoms with E-state index in [4.69, 9.17) is 4.74 Å². The molecule has 0 amide bonds. The van der Waals surface area contributed by atoms with Gasteiger partial charge in [-0.05, 0) is 45.4 Å². The Labute approximate surface area is 147 Å². The summed E-state index contributed by atoms with van der Waals surface area (Å²) in [5.74, 6) is 0.473. The molecule has 3 aromatic rings. The number of benzene rings is 1. The van der Waals surface area contributed by atoms with Crippen LogP contribution in [0.1, 0.15) is 29.3 Å². The second kappa shape index (κ2) is 6.48. The number of hydrogen-bond donors (Lipinski definition) is 1. The van der Waals surface area contributed by atoms with Gasteiger partial charge in [-0.25, -0.2) is 13.4 Å². The standard InChI is InChI=1S/C18H21N3O3S/c1-5-24-17-12(3)9-19-16(13(17)4)10-25(22,23)18-20-14-7-6-11(2)8-15(14)21-18/h6-9H,5,10H2,1-4H3,(H,20,21). The van der Waals surface area contributed by atoms with Crippen LogP contribution in [0.5, 0.6) is 5.75 Å². The maximum atomic E-state index is 12.8. The highest BCUT2D eigenvalue weighted by Gasteiger charge is 2.23. The molecule has 3 rings (SSSR count). The van der Waals surface area contributed by atoms with Gasteiger partial charge in [0.05, 0.1) is 23.3 Å². The molecule has 6 nitrogen and oxygen atoms in total. The lowest BCUT2D eigenvalue weighted by molar-refractivity contribution is 0.334. The first-order valence-corrected chi connectivity index (χ1v) is 9.74. The summed E-state index contributed by atoms with van der Waals surface area (Å²) in [6.45, 7) is 8.08. The summed E-state index contributed by atoms with van der Waals surface area (Å²) in [4.78, 5) is 11.4. The number of nitrogens with one attached hydrogen (secondary N) is 1. The van der Waals surface area contributed by atoms with Crippen molar-refractivity contribution in [3.05, 3.63) is 46.8 Å². The first-order valence-electron chi connectivity index (χ1n) is 8.09. The van der Waals surface area contributed by atoms with Gasteiger partial charge in [0.25, 0.3) is 0 Å². The molecule has 0 aliphatic carbocycles. The molecule has 0 saturated heterocycles. The van der Waals surface area contributed by atoms with E-state index in [1.807, 2.05) is 45.9 Å². The average molecular weight is 359 g/mol. The highest BCUT2D eigenvalue weighted by Crippen LogP contribution is 2.27. The predicted octanol–water partition coefficient (Wildman–Crippen LogP) is 3.26. The number of imidazole rings is 1. The van der Waals surface area contributed by atoms with Crippen LogP contribution in [-0.4, -0.2) is 30.0 Å². The quantitative estimate of drug-likeness (QED) is 0.756. The lowest BCUT2D eigenvalue weighted by Gasteiger charge is -2.13. The van der Waals surface area contributed by atoms with Crippen LogP contribution in [0.4, 0.5) is 0 Å². The van der Waals surface area contributed by atoms with Crippen molar-refractivity contribution in [2.45, 2.75) is 38.6 Å². The largest absolute Gasteiger partial charge is 0.493 e. The normalized spacial score (nSPS) is 11.8.